The van der Waals surface area contributed by atoms with E-state index in [4.69, 9.17) is 11.6 Å². The van der Waals surface area contributed by atoms with Gasteiger partial charge in [0.05, 0.1) is 7.11 Å². The quantitative estimate of drug-likeness (QED) is 0.470. The molecule has 10 heavy (non-hydrogen) atoms. The van der Waals surface area contributed by atoms with Gasteiger partial charge >= 0.3 is 5.97 Å². The Hall–Kier alpha value is -0.240. The molecule has 0 saturated carbocycles. The first-order chi connectivity index (χ1) is 4.57. The normalized spacial score (nSPS) is 13.3. The molecule has 60 valence electrons. The molecule has 0 fully saturated rings. The zero-order valence-electron chi connectivity index (χ0n) is 6.56. The molecular weight excluding hydrogens is 152 g/mol. The first-order valence-electron chi connectivity index (χ1n) is 3.29. The number of alkyl halides is 1. The molecule has 0 saturated heterocycles. The van der Waals surface area contributed by atoms with Gasteiger partial charge in [-0.3, -0.25) is 4.79 Å². The van der Waals surface area contributed by atoms with Gasteiger partial charge in [0.25, 0.3) is 0 Å². The van der Waals surface area contributed by atoms with E-state index >= 15 is 0 Å². The summed E-state index contributed by atoms with van der Waals surface area (Å²) in [6, 6.07) is 0. The fourth-order valence-electron chi connectivity index (χ4n) is 0.638. The second-order valence-electron chi connectivity index (χ2n) is 2.62. The van der Waals surface area contributed by atoms with Crippen molar-refractivity contribution in [2.45, 2.75) is 25.6 Å². The maximum atomic E-state index is 10.7. The fraction of sp³-hybridized carbons (Fsp3) is 0.857. The number of hydrogen-bond donors (Lipinski definition) is 0. The van der Waals surface area contributed by atoms with Crippen LogP contribution in [0.1, 0.15) is 20.3 Å². The Labute approximate surface area is 66.5 Å². The lowest BCUT2D eigenvalue weighted by Gasteiger charge is -2.08. The van der Waals surface area contributed by atoms with E-state index in [0.717, 1.165) is 0 Å². The first-order valence-corrected chi connectivity index (χ1v) is 3.73. The molecule has 0 heterocycles. The summed E-state index contributed by atoms with van der Waals surface area (Å²) < 4.78 is 4.44. The lowest BCUT2D eigenvalue weighted by Crippen LogP contribution is -2.17. The fourth-order valence-corrected chi connectivity index (χ4v) is 1.08. The summed E-state index contributed by atoms with van der Waals surface area (Å²) in [5.74, 6) is 0.0944. The standard InChI is InChI=1S/C7H13ClO2/c1-5(2)4-6(8)7(9)10-3/h5-6H,4H2,1-3H3/t6-/m1/s1. The second kappa shape index (κ2) is 4.56. The molecular formula is C7H13ClO2. The van der Waals surface area contributed by atoms with Crippen molar-refractivity contribution in [2.75, 3.05) is 7.11 Å². The minimum atomic E-state index is -0.481. The smallest absolute Gasteiger partial charge is 0.323 e. The average Bonchev–Trinajstić information content (AvgIpc) is 1.85. The molecule has 1 atom stereocenters. The highest BCUT2D eigenvalue weighted by molar-refractivity contribution is 6.29. The molecule has 0 spiro atoms. The van der Waals surface area contributed by atoms with Crippen LogP contribution >= 0.6 is 11.6 Å². The van der Waals surface area contributed by atoms with E-state index in [1.807, 2.05) is 13.8 Å². The SMILES string of the molecule is COC(=O)[C@H](Cl)CC(C)C. The molecule has 0 N–H and O–H groups in total. The number of esters is 1. The largest absolute Gasteiger partial charge is 0.468 e. The third kappa shape index (κ3) is 3.72. The van der Waals surface area contributed by atoms with Gasteiger partial charge in [0.15, 0.2) is 0 Å². The highest BCUT2D eigenvalue weighted by Gasteiger charge is 2.16. The molecule has 0 amide bonds. The lowest BCUT2D eigenvalue weighted by molar-refractivity contribution is -0.140. The molecule has 2 nitrogen and oxygen atoms in total. The van der Waals surface area contributed by atoms with Crippen LogP contribution in [-0.2, 0) is 9.53 Å². The number of carbonyl (C=O) groups is 1. The van der Waals surface area contributed by atoms with Crippen LogP contribution in [0.4, 0.5) is 0 Å². The van der Waals surface area contributed by atoms with Gasteiger partial charge in [-0.15, -0.1) is 11.6 Å². The summed E-state index contributed by atoms with van der Waals surface area (Å²) in [5.41, 5.74) is 0. The van der Waals surface area contributed by atoms with Crippen LogP contribution in [0.2, 0.25) is 0 Å². The van der Waals surface area contributed by atoms with Crippen LogP contribution in [-0.4, -0.2) is 18.5 Å². The number of methoxy groups -OCH3 is 1. The zero-order chi connectivity index (χ0) is 8.15. The zero-order valence-corrected chi connectivity index (χ0v) is 7.31. The highest BCUT2D eigenvalue weighted by Crippen LogP contribution is 2.11. The van der Waals surface area contributed by atoms with E-state index in [1.54, 1.807) is 0 Å². The topological polar surface area (TPSA) is 26.3 Å². The van der Waals surface area contributed by atoms with Gasteiger partial charge < -0.3 is 4.74 Å². The predicted molar refractivity (Wildman–Crippen MR) is 41.1 cm³/mol. The third-order valence-corrected chi connectivity index (χ3v) is 1.49. The Kier molecular flexibility index (Phi) is 4.45. The van der Waals surface area contributed by atoms with Gasteiger partial charge in [-0.05, 0) is 12.3 Å². The Morgan fingerprint density at radius 3 is 2.40 bits per heavy atom. The maximum Gasteiger partial charge on any atom is 0.323 e. The van der Waals surface area contributed by atoms with Gasteiger partial charge in [0.1, 0.15) is 5.38 Å². The monoisotopic (exact) mass is 164 g/mol. The number of hydrogen-bond acceptors (Lipinski definition) is 2. The molecule has 0 aromatic rings. The average molecular weight is 165 g/mol. The minimum Gasteiger partial charge on any atom is -0.468 e. The van der Waals surface area contributed by atoms with Gasteiger partial charge in [-0.1, -0.05) is 13.8 Å². The lowest BCUT2D eigenvalue weighted by atomic mass is 10.1. The Morgan fingerprint density at radius 2 is 2.10 bits per heavy atom. The molecule has 3 heteroatoms. The molecule has 0 rings (SSSR count). The van der Waals surface area contributed by atoms with Crippen molar-refractivity contribution in [3.63, 3.8) is 0 Å². The van der Waals surface area contributed by atoms with Gasteiger partial charge in [-0.2, -0.15) is 0 Å². The molecule has 0 bridgehead atoms. The van der Waals surface area contributed by atoms with Crippen LogP contribution in [0.3, 0.4) is 0 Å². The molecule has 0 aromatic carbocycles. The number of ether oxygens (including phenoxy) is 1. The van der Waals surface area contributed by atoms with Crippen molar-refractivity contribution >= 4 is 17.6 Å². The van der Waals surface area contributed by atoms with E-state index in [0.29, 0.717) is 12.3 Å². The molecule has 0 radical (unpaired) electrons. The van der Waals surface area contributed by atoms with E-state index in [9.17, 15) is 4.79 Å². The molecule has 0 aliphatic carbocycles. The van der Waals surface area contributed by atoms with Crippen molar-refractivity contribution < 1.29 is 9.53 Å². The van der Waals surface area contributed by atoms with Crippen molar-refractivity contribution in [1.29, 1.82) is 0 Å². The summed E-state index contributed by atoms with van der Waals surface area (Å²) in [6.45, 7) is 4.02. The Bertz CT molecular complexity index is 112. The van der Waals surface area contributed by atoms with E-state index in [2.05, 4.69) is 4.74 Å². The van der Waals surface area contributed by atoms with Crippen molar-refractivity contribution in [1.82, 2.24) is 0 Å². The second-order valence-corrected chi connectivity index (χ2v) is 3.15. The van der Waals surface area contributed by atoms with Crippen LogP contribution < -0.4 is 0 Å². The van der Waals surface area contributed by atoms with Gasteiger partial charge in [0, 0.05) is 0 Å². The predicted octanol–water partition coefficient (Wildman–Crippen LogP) is 1.81. The Morgan fingerprint density at radius 1 is 1.60 bits per heavy atom. The summed E-state index contributed by atoms with van der Waals surface area (Å²) in [6.07, 6.45) is 0.675. The molecule has 0 aromatic heterocycles. The number of halogens is 1. The van der Waals surface area contributed by atoms with Crippen molar-refractivity contribution in [3.05, 3.63) is 0 Å². The van der Waals surface area contributed by atoms with E-state index in [-0.39, 0.29) is 5.97 Å². The summed E-state index contributed by atoms with van der Waals surface area (Å²) >= 11 is 5.65. The molecule has 0 aliphatic heterocycles. The summed E-state index contributed by atoms with van der Waals surface area (Å²) in [7, 11) is 1.35. The summed E-state index contributed by atoms with van der Waals surface area (Å²) in [4.78, 5) is 10.7. The highest BCUT2D eigenvalue weighted by atomic mass is 35.5. The van der Waals surface area contributed by atoms with E-state index in [1.165, 1.54) is 7.11 Å². The van der Waals surface area contributed by atoms with Crippen LogP contribution in [0.15, 0.2) is 0 Å². The Balaban J connectivity index is 3.61. The van der Waals surface area contributed by atoms with Crippen LogP contribution in [0.5, 0.6) is 0 Å². The van der Waals surface area contributed by atoms with E-state index < -0.39 is 5.38 Å². The van der Waals surface area contributed by atoms with Crippen LogP contribution in [0.25, 0.3) is 0 Å². The van der Waals surface area contributed by atoms with Gasteiger partial charge in [-0.25, -0.2) is 0 Å². The molecule has 0 aliphatic rings. The maximum absolute atomic E-state index is 10.7. The minimum absolute atomic E-state index is 0.338. The van der Waals surface area contributed by atoms with Crippen LogP contribution in [0, 0.1) is 5.92 Å². The van der Waals surface area contributed by atoms with Crippen molar-refractivity contribution in [2.24, 2.45) is 5.92 Å². The number of carbonyl (C=O) groups excluding carboxylic acids is 1. The van der Waals surface area contributed by atoms with Crippen molar-refractivity contribution in [3.8, 4) is 0 Å². The number of rotatable bonds is 3. The first kappa shape index (κ1) is 9.76. The third-order valence-electron chi connectivity index (χ3n) is 1.14. The summed E-state index contributed by atoms with van der Waals surface area (Å²) in [5, 5.41) is -0.481. The molecule has 0 unspecified atom stereocenters. The van der Waals surface area contributed by atoms with Gasteiger partial charge in [0.2, 0.25) is 0 Å².